The van der Waals surface area contributed by atoms with Crippen LogP contribution in [-0.4, -0.2) is 11.9 Å². The number of rotatable bonds is 3. The lowest BCUT2D eigenvalue weighted by Crippen LogP contribution is -2.10. The second-order valence-corrected chi connectivity index (χ2v) is 4.23. The number of benzene rings is 2. The maximum atomic E-state index is 12.4. The quantitative estimate of drug-likeness (QED) is 0.742. The van der Waals surface area contributed by atoms with E-state index in [1.54, 1.807) is 24.3 Å². The Labute approximate surface area is 114 Å². The first kappa shape index (κ1) is 12.4. The third kappa shape index (κ3) is 2.06. The van der Waals surface area contributed by atoms with Gasteiger partial charge in [-0.25, -0.2) is 0 Å². The van der Waals surface area contributed by atoms with Gasteiger partial charge in [-0.1, -0.05) is 42.5 Å². The minimum Gasteiger partial charge on any atom is -0.460 e. The molecule has 0 saturated carbocycles. The minimum absolute atomic E-state index is 0.0254. The van der Waals surface area contributed by atoms with Crippen molar-refractivity contribution in [3.8, 4) is 17.1 Å². The van der Waals surface area contributed by atoms with Crippen LogP contribution in [0.25, 0.3) is 22.3 Å². The molecule has 1 heterocycles. The largest absolute Gasteiger partial charge is 0.460 e. The first-order valence-electron chi connectivity index (χ1n) is 6.16. The predicted octanol–water partition coefficient (Wildman–Crippen LogP) is 2.79. The lowest BCUT2D eigenvalue weighted by Gasteiger charge is -2.09. The van der Waals surface area contributed by atoms with E-state index in [-0.39, 0.29) is 11.2 Å². The Morgan fingerprint density at radius 1 is 1.00 bits per heavy atom. The van der Waals surface area contributed by atoms with Crippen LogP contribution in [0, 0.1) is 0 Å². The van der Waals surface area contributed by atoms with E-state index in [9.17, 15) is 4.79 Å². The van der Waals surface area contributed by atoms with E-state index in [1.807, 2.05) is 30.3 Å². The molecule has 0 aliphatic carbocycles. The van der Waals surface area contributed by atoms with Gasteiger partial charge in [0.2, 0.25) is 11.2 Å². The first-order chi connectivity index (χ1) is 9.81. The van der Waals surface area contributed by atoms with Crippen LogP contribution in [0.15, 0.2) is 63.8 Å². The van der Waals surface area contributed by atoms with Crippen molar-refractivity contribution in [3.05, 3.63) is 64.8 Å². The summed E-state index contributed by atoms with van der Waals surface area (Å²) < 4.78 is 10.9. The Morgan fingerprint density at radius 2 is 1.70 bits per heavy atom. The van der Waals surface area contributed by atoms with E-state index in [1.165, 1.54) is 0 Å². The summed E-state index contributed by atoms with van der Waals surface area (Å²) >= 11 is 0. The molecule has 0 aliphatic rings. The van der Waals surface area contributed by atoms with Gasteiger partial charge in [0.1, 0.15) is 5.58 Å². The Kier molecular flexibility index (Phi) is 3.23. The highest BCUT2D eigenvalue weighted by Crippen LogP contribution is 2.30. The molecular formula is C16H12O4. The molecule has 0 saturated heterocycles. The second-order valence-electron chi connectivity index (χ2n) is 4.23. The van der Waals surface area contributed by atoms with Crippen molar-refractivity contribution >= 4 is 11.0 Å². The van der Waals surface area contributed by atoms with Crippen molar-refractivity contribution in [1.82, 2.24) is 0 Å². The molecule has 20 heavy (non-hydrogen) atoms. The molecule has 4 nitrogen and oxygen atoms in total. The molecule has 3 aromatic rings. The Balaban J connectivity index is 2.35. The van der Waals surface area contributed by atoms with E-state index >= 15 is 0 Å². The molecule has 0 fully saturated rings. The zero-order chi connectivity index (χ0) is 13.9. The fraction of sp³-hybridized carbons (Fsp3) is 0.0625. The van der Waals surface area contributed by atoms with Gasteiger partial charge in [-0.15, -0.1) is 0 Å². The fourth-order valence-electron chi connectivity index (χ4n) is 2.10. The number of aliphatic hydroxyl groups excluding tert-OH is 1. The lowest BCUT2D eigenvalue weighted by molar-refractivity contribution is 0.0966. The molecular weight excluding hydrogens is 256 g/mol. The number of para-hydroxylation sites is 1. The summed E-state index contributed by atoms with van der Waals surface area (Å²) in [7, 11) is 0. The highest BCUT2D eigenvalue weighted by Gasteiger charge is 2.16. The third-order valence-electron chi connectivity index (χ3n) is 3.00. The van der Waals surface area contributed by atoms with E-state index in [4.69, 9.17) is 14.3 Å². The molecule has 0 amide bonds. The van der Waals surface area contributed by atoms with Crippen molar-refractivity contribution < 1.29 is 14.3 Å². The summed E-state index contributed by atoms with van der Waals surface area (Å²) in [6.45, 7) is -0.580. The van der Waals surface area contributed by atoms with Crippen LogP contribution in [0.3, 0.4) is 0 Å². The van der Waals surface area contributed by atoms with Gasteiger partial charge in [0.05, 0.1) is 5.39 Å². The Bertz CT molecular complexity index is 790. The van der Waals surface area contributed by atoms with E-state index in [2.05, 4.69) is 0 Å². The van der Waals surface area contributed by atoms with Crippen molar-refractivity contribution in [2.75, 3.05) is 6.79 Å². The number of hydrogen-bond acceptors (Lipinski definition) is 4. The average molecular weight is 268 g/mol. The molecule has 4 heteroatoms. The van der Waals surface area contributed by atoms with Gasteiger partial charge in [-0.2, -0.15) is 0 Å². The standard InChI is InChI=1S/C16H12O4/c17-10-19-16-14(18)12-8-4-5-9-13(12)20-15(16)11-6-2-1-3-7-11/h1-9,17H,10H2. The molecule has 1 N–H and O–H groups in total. The summed E-state index contributed by atoms with van der Waals surface area (Å²) in [4.78, 5) is 12.4. The number of fused-ring (bicyclic) bond motifs is 1. The lowest BCUT2D eigenvalue weighted by atomic mass is 10.1. The molecule has 1 aromatic heterocycles. The van der Waals surface area contributed by atoms with E-state index in [0.29, 0.717) is 16.7 Å². The zero-order valence-electron chi connectivity index (χ0n) is 10.6. The van der Waals surface area contributed by atoms with Crippen LogP contribution < -0.4 is 10.2 Å². The van der Waals surface area contributed by atoms with Crippen LogP contribution >= 0.6 is 0 Å². The van der Waals surface area contributed by atoms with Gasteiger partial charge in [0, 0.05) is 5.56 Å². The zero-order valence-corrected chi connectivity index (χ0v) is 10.6. The van der Waals surface area contributed by atoms with Crippen LogP contribution in [0.5, 0.6) is 5.75 Å². The minimum atomic E-state index is -0.580. The summed E-state index contributed by atoms with van der Waals surface area (Å²) in [6, 6.07) is 16.1. The highest BCUT2D eigenvalue weighted by atomic mass is 16.6. The van der Waals surface area contributed by atoms with Crippen molar-refractivity contribution in [2.45, 2.75) is 0 Å². The monoisotopic (exact) mass is 268 g/mol. The topological polar surface area (TPSA) is 59.7 Å². The van der Waals surface area contributed by atoms with Gasteiger partial charge in [-0.3, -0.25) is 4.79 Å². The van der Waals surface area contributed by atoms with Crippen LogP contribution in [0.4, 0.5) is 0 Å². The summed E-state index contributed by atoms with van der Waals surface area (Å²) in [5, 5.41) is 9.41. The number of ether oxygens (including phenoxy) is 1. The number of aliphatic hydroxyl groups is 1. The van der Waals surface area contributed by atoms with Crippen molar-refractivity contribution in [1.29, 1.82) is 0 Å². The first-order valence-corrected chi connectivity index (χ1v) is 6.16. The molecule has 0 spiro atoms. The highest BCUT2D eigenvalue weighted by molar-refractivity contribution is 5.81. The van der Waals surface area contributed by atoms with E-state index < -0.39 is 6.79 Å². The summed E-state index contributed by atoms with van der Waals surface area (Å²) in [6.07, 6.45) is 0. The third-order valence-corrected chi connectivity index (χ3v) is 3.00. The summed E-state index contributed by atoms with van der Waals surface area (Å²) in [5.41, 5.74) is 0.917. The van der Waals surface area contributed by atoms with Crippen LogP contribution in [-0.2, 0) is 0 Å². The Hall–Kier alpha value is -2.59. The van der Waals surface area contributed by atoms with Gasteiger partial charge in [0.15, 0.2) is 12.6 Å². The Morgan fingerprint density at radius 3 is 2.45 bits per heavy atom. The SMILES string of the molecule is O=c1c(OCO)c(-c2ccccc2)oc2ccccc12. The summed E-state index contributed by atoms with van der Waals surface area (Å²) in [5.74, 6) is 0.348. The van der Waals surface area contributed by atoms with Crippen LogP contribution in [0.1, 0.15) is 0 Å². The molecule has 0 aliphatic heterocycles. The fourth-order valence-corrected chi connectivity index (χ4v) is 2.10. The van der Waals surface area contributed by atoms with Gasteiger partial charge in [0.25, 0.3) is 0 Å². The molecule has 0 bridgehead atoms. The van der Waals surface area contributed by atoms with Crippen molar-refractivity contribution in [3.63, 3.8) is 0 Å². The average Bonchev–Trinajstić information content (AvgIpc) is 2.51. The van der Waals surface area contributed by atoms with Gasteiger partial charge >= 0.3 is 0 Å². The van der Waals surface area contributed by atoms with Crippen molar-refractivity contribution in [2.24, 2.45) is 0 Å². The maximum absolute atomic E-state index is 12.4. The molecule has 0 unspecified atom stereocenters. The second kappa shape index (κ2) is 5.19. The van der Waals surface area contributed by atoms with Gasteiger partial charge in [-0.05, 0) is 12.1 Å². The van der Waals surface area contributed by atoms with Crippen LogP contribution in [0.2, 0.25) is 0 Å². The molecule has 100 valence electrons. The molecule has 2 aromatic carbocycles. The number of hydrogen-bond donors (Lipinski definition) is 1. The molecule has 0 radical (unpaired) electrons. The maximum Gasteiger partial charge on any atom is 0.235 e. The van der Waals surface area contributed by atoms with Gasteiger partial charge < -0.3 is 14.3 Å². The predicted molar refractivity (Wildman–Crippen MR) is 75.6 cm³/mol. The molecule has 0 atom stereocenters. The van der Waals surface area contributed by atoms with E-state index in [0.717, 1.165) is 5.56 Å². The normalized spacial score (nSPS) is 10.7. The molecule has 3 rings (SSSR count). The smallest absolute Gasteiger partial charge is 0.235 e.